The summed E-state index contributed by atoms with van der Waals surface area (Å²) in [6.07, 6.45) is 1.57. The van der Waals surface area contributed by atoms with Gasteiger partial charge in [0.2, 0.25) is 0 Å². The Morgan fingerprint density at radius 1 is 1.22 bits per heavy atom. The van der Waals surface area contributed by atoms with E-state index >= 15 is 0 Å². The molecule has 0 spiro atoms. The lowest BCUT2D eigenvalue weighted by atomic mass is 9.99. The van der Waals surface area contributed by atoms with Crippen molar-refractivity contribution in [2.75, 3.05) is 12.8 Å². The van der Waals surface area contributed by atoms with Crippen LogP contribution in [-0.2, 0) is 0 Å². The van der Waals surface area contributed by atoms with E-state index in [0.29, 0.717) is 16.9 Å². The summed E-state index contributed by atoms with van der Waals surface area (Å²) in [6.45, 7) is 0. The molecule has 18 heavy (non-hydrogen) atoms. The Balaban J connectivity index is 2.48. The van der Waals surface area contributed by atoms with Crippen LogP contribution in [0.1, 0.15) is 17.2 Å². The number of nitrogens with one attached hydrogen (secondary N) is 1. The summed E-state index contributed by atoms with van der Waals surface area (Å²) >= 11 is 0. The highest BCUT2D eigenvalue weighted by molar-refractivity contribution is 5.45. The zero-order valence-corrected chi connectivity index (χ0v) is 9.82. The van der Waals surface area contributed by atoms with E-state index in [4.69, 9.17) is 5.73 Å². The van der Waals surface area contributed by atoms with Crippen molar-refractivity contribution in [3.05, 3.63) is 59.3 Å². The van der Waals surface area contributed by atoms with Gasteiger partial charge in [0.15, 0.2) is 0 Å². The second-order valence-electron chi connectivity index (χ2n) is 3.90. The van der Waals surface area contributed by atoms with Gasteiger partial charge in [0.05, 0.1) is 6.04 Å². The van der Waals surface area contributed by atoms with Crippen molar-refractivity contribution in [1.29, 1.82) is 0 Å². The smallest absolute Gasteiger partial charge is 0.128 e. The van der Waals surface area contributed by atoms with E-state index in [-0.39, 0.29) is 0 Å². The molecule has 94 valence electrons. The zero-order chi connectivity index (χ0) is 13.1. The highest BCUT2D eigenvalue weighted by Crippen LogP contribution is 2.26. The van der Waals surface area contributed by atoms with E-state index in [9.17, 15) is 8.78 Å². The van der Waals surface area contributed by atoms with Gasteiger partial charge in [-0.05, 0) is 30.8 Å². The largest absolute Gasteiger partial charge is 0.383 e. The fourth-order valence-corrected chi connectivity index (χ4v) is 1.92. The number of hydrogen-bond acceptors (Lipinski definition) is 3. The molecule has 2 aromatic rings. The first-order valence-corrected chi connectivity index (χ1v) is 5.45. The van der Waals surface area contributed by atoms with Gasteiger partial charge in [0.25, 0.3) is 0 Å². The Morgan fingerprint density at radius 2 is 1.89 bits per heavy atom. The molecule has 0 aliphatic carbocycles. The molecule has 1 heterocycles. The average molecular weight is 249 g/mol. The van der Waals surface area contributed by atoms with Gasteiger partial charge >= 0.3 is 0 Å². The second kappa shape index (κ2) is 5.10. The molecule has 1 aromatic carbocycles. The molecular weight excluding hydrogens is 236 g/mol. The molecule has 3 nitrogen and oxygen atoms in total. The number of pyridine rings is 1. The lowest BCUT2D eigenvalue weighted by Crippen LogP contribution is -2.19. The van der Waals surface area contributed by atoms with Crippen LogP contribution in [0.2, 0.25) is 0 Å². The molecule has 0 aliphatic heterocycles. The summed E-state index contributed by atoms with van der Waals surface area (Å²) in [7, 11) is 1.69. The minimum absolute atomic E-state index is 0.335. The van der Waals surface area contributed by atoms with E-state index in [1.807, 2.05) is 0 Å². The first-order chi connectivity index (χ1) is 8.61. The molecule has 1 aromatic heterocycles. The maximum absolute atomic E-state index is 13.2. The van der Waals surface area contributed by atoms with Gasteiger partial charge in [-0.15, -0.1) is 0 Å². The van der Waals surface area contributed by atoms with E-state index in [2.05, 4.69) is 10.3 Å². The fraction of sp³-hybridized carbons (Fsp3) is 0.154. The maximum Gasteiger partial charge on any atom is 0.128 e. The van der Waals surface area contributed by atoms with Gasteiger partial charge in [0, 0.05) is 17.8 Å². The van der Waals surface area contributed by atoms with Crippen molar-refractivity contribution in [1.82, 2.24) is 10.3 Å². The Labute approximate surface area is 104 Å². The Kier molecular flexibility index (Phi) is 3.53. The van der Waals surface area contributed by atoms with Crippen LogP contribution in [0.5, 0.6) is 0 Å². The number of halogens is 2. The molecule has 5 heteroatoms. The third kappa shape index (κ3) is 2.46. The Bertz CT molecular complexity index is 537. The summed E-state index contributed by atoms with van der Waals surface area (Å²) < 4.78 is 26.5. The standard InChI is InChI=1S/C13H13F2N3/c1-17-12(11-3-2-4-18-13(11)16)8-5-9(14)7-10(15)6-8/h2-7,12,17H,1H3,(H2,16,18). The van der Waals surface area contributed by atoms with Crippen LogP contribution in [0.25, 0.3) is 0 Å². The van der Waals surface area contributed by atoms with Crippen molar-refractivity contribution in [3.8, 4) is 0 Å². The molecule has 0 bridgehead atoms. The summed E-state index contributed by atoms with van der Waals surface area (Å²) in [5.41, 5.74) is 6.92. The topological polar surface area (TPSA) is 50.9 Å². The maximum atomic E-state index is 13.2. The van der Waals surface area contributed by atoms with E-state index < -0.39 is 17.7 Å². The minimum atomic E-state index is -0.618. The molecule has 0 fully saturated rings. The lowest BCUT2D eigenvalue weighted by molar-refractivity contribution is 0.571. The molecule has 2 rings (SSSR count). The van der Waals surface area contributed by atoms with Crippen LogP contribution in [0, 0.1) is 11.6 Å². The van der Waals surface area contributed by atoms with Crippen LogP contribution < -0.4 is 11.1 Å². The van der Waals surface area contributed by atoms with Gasteiger partial charge in [-0.2, -0.15) is 0 Å². The Hall–Kier alpha value is -2.01. The first-order valence-electron chi connectivity index (χ1n) is 5.45. The van der Waals surface area contributed by atoms with Crippen molar-refractivity contribution >= 4 is 5.82 Å². The van der Waals surface area contributed by atoms with Crippen molar-refractivity contribution in [3.63, 3.8) is 0 Å². The molecule has 0 aliphatic rings. The van der Waals surface area contributed by atoms with Gasteiger partial charge in [0.1, 0.15) is 17.5 Å². The number of nitrogen functional groups attached to an aromatic ring is 1. The normalized spacial score (nSPS) is 12.4. The lowest BCUT2D eigenvalue weighted by Gasteiger charge is -2.18. The average Bonchev–Trinajstić information content (AvgIpc) is 2.31. The van der Waals surface area contributed by atoms with Crippen molar-refractivity contribution in [2.45, 2.75) is 6.04 Å². The summed E-state index contributed by atoms with van der Waals surface area (Å²) in [5.74, 6) is -0.901. The highest BCUT2D eigenvalue weighted by atomic mass is 19.1. The predicted molar refractivity (Wildman–Crippen MR) is 65.9 cm³/mol. The van der Waals surface area contributed by atoms with Gasteiger partial charge in [-0.3, -0.25) is 0 Å². The molecule has 1 atom stereocenters. The number of nitrogens with two attached hydrogens (primary N) is 1. The van der Waals surface area contributed by atoms with Gasteiger partial charge in [-0.25, -0.2) is 13.8 Å². The van der Waals surface area contributed by atoms with E-state index in [0.717, 1.165) is 6.07 Å². The van der Waals surface area contributed by atoms with E-state index in [1.165, 1.54) is 12.1 Å². The number of rotatable bonds is 3. The monoisotopic (exact) mass is 249 g/mol. The zero-order valence-electron chi connectivity index (χ0n) is 9.82. The second-order valence-corrected chi connectivity index (χ2v) is 3.90. The predicted octanol–water partition coefficient (Wildman–Crippen LogP) is 2.25. The molecule has 0 saturated carbocycles. The SMILES string of the molecule is CNC(c1cc(F)cc(F)c1)c1cccnc1N. The van der Waals surface area contributed by atoms with E-state index in [1.54, 1.807) is 25.4 Å². The number of nitrogens with zero attached hydrogens (tertiary/aromatic N) is 1. The van der Waals surface area contributed by atoms with Crippen LogP contribution >= 0.6 is 0 Å². The summed E-state index contributed by atoms with van der Waals surface area (Å²) in [6, 6.07) is 6.48. The molecule has 1 unspecified atom stereocenters. The van der Waals surface area contributed by atoms with Crippen molar-refractivity contribution < 1.29 is 8.78 Å². The summed E-state index contributed by atoms with van der Waals surface area (Å²) in [4.78, 5) is 3.97. The van der Waals surface area contributed by atoms with Crippen molar-refractivity contribution in [2.24, 2.45) is 0 Å². The van der Waals surface area contributed by atoms with Crippen LogP contribution in [-0.4, -0.2) is 12.0 Å². The Morgan fingerprint density at radius 3 is 2.44 bits per heavy atom. The molecule has 0 radical (unpaired) electrons. The number of benzene rings is 1. The number of anilines is 1. The van der Waals surface area contributed by atoms with Crippen LogP contribution in [0.4, 0.5) is 14.6 Å². The molecular formula is C13H13F2N3. The number of aromatic nitrogens is 1. The molecule has 3 N–H and O–H groups in total. The first kappa shape index (κ1) is 12.4. The fourth-order valence-electron chi connectivity index (χ4n) is 1.92. The summed E-state index contributed by atoms with van der Waals surface area (Å²) in [5, 5.41) is 2.98. The van der Waals surface area contributed by atoms with Gasteiger partial charge < -0.3 is 11.1 Å². The third-order valence-corrected chi connectivity index (χ3v) is 2.69. The number of hydrogen-bond donors (Lipinski definition) is 2. The quantitative estimate of drug-likeness (QED) is 0.877. The minimum Gasteiger partial charge on any atom is -0.383 e. The van der Waals surface area contributed by atoms with Crippen LogP contribution in [0.15, 0.2) is 36.5 Å². The third-order valence-electron chi connectivity index (χ3n) is 2.69. The molecule has 0 amide bonds. The highest BCUT2D eigenvalue weighted by Gasteiger charge is 2.16. The van der Waals surface area contributed by atoms with Gasteiger partial charge in [-0.1, -0.05) is 6.07 Å². The van der Waals surface area contributed by atoms with Crippen LogP contribution in [0.3, 0.4) is 0 Å². The molecule has 0 saturated heterocycles.